The molecule has 1 N–H and O–H groups in total. The maximum Gasteiger partial charge on any atom is 0.274 e. The zero-order chi connectivity index (χ0) is 16.4. The normalized spacial score (nSPS) is 10.7. The van der Waals surface area contributed by atoms with Crippen LogP contribution >= 0.6 is 0 Å². The Morgan fingerprint density at radius 2 is 1.74 bits per heavy atom. The molecule has 3 rings (SSSR count). The number of aromatic nitrogens is 2. The van der Waals surface area contributed by atoms with E-state index in [1.54, 1.807) is 19.2 Å². The van der Waals surface area contributed by atoms with Crippen LogP contribution in [0.15, 0.2) is 53.3 Å². The van der Waals surface area contributed by atoms with Crippen LogP contribution in [0.5, 0.6) is 0 Å². The SMILES string of the molecule is Cc1ccccc1NC(=O)Cc1nn(C)c(=O)c2ccccc12. The average molecular weight is 307 g/mol. The topological polar surface area (TPSA) is 64.0 Å². The van der Waals surface area contributed by atoms with Gasteiger partial charge in [-0.3, -0.25) is 9.59 Å². The molecule has 23 heavy (non-hydrogen) atoms. The molecule has 1 aromatic heterocycles. The Labute approximate surface area is 133 Å². The van der Waals surface area contributed by atoms with Crippen LogP contribution in [-0.4, -0.2) is 15.7 Å². The number of anilines is 1. The highest BCUT2D eigenvalue weighted by Gasteiger charge is 2.12. The lowest BCUT2D eigenvalue weighted by Crippen LogP contribution is -2.24. The predicted molar refractivity (Wildman–Crippen MR) is 90.5 cm³/mol. The summed E-state index contributed by atoms with van der Waals surface area (Å²) in [7, 11) is 1.59. The van der Waals surface area contributed by atoms with Crippen molar-refractivity contribution in [1.82, 2.24) is 9.78 Å². The molecule has 0 fully saturated rings. The van der Waals surface area contributed by atoms with E-state index in [4.69, 9.17) is 0 Å². The molecule has 116 valence electrons. The van der Waals surface area contributed by atoms with E-state index in [1.165, 1.54) is 4.68 Å². The van der Waals surface area contributed by atoms with Crippen molar-refractivity contribution in [3.63, 3.8) is 0 Å². The molecule has 1 amide bonds. The maximum atomic E-state index is 12.3. The lowest BCUT2D eigenvalue weighted by Gasteiger charge is -2.10. The van der Waals surface area contributed by atoms with Crippen molar-refractivity contribution in [2.45, 2.75) is 13.3 Å². The van der Waals surface area contributed by atoms with Crippen molar-refractivity contribution in [2.24, 2.45) is 7.05 Å². The lowest BCUT2D eigenvalue weighted by molar-refractivity contribution is -0.115. The zero-order valence-electron chi connectivity index (χ0n) is 13.0. The van der Waals surface area contributed by atoms with Gasteiger partial charge in [0.2, 0.25) is 5.91 Å². The Bertz CT molecular complexity index is 944. The molecule has 1 heterocycles. The van der Waals surface area contributed by atoms with Crippen molar-refractivity contribution in [3.05, 3.63) is 70.1 Å². The molecule has 5 nitrogen and oxygen atoms in total. The number of carbonyl (C=O) groups is 1. The molecule has 0 saturated carbocycles. The highest BCUT2D eigenvalue weighted by molar-refractivity contribution is 5.95. The number of aryl methyl sites for hydroxylation is 2. The minimum atomic E-state index is -0.163. The number of amides is 1. The molecule has 0 bridgehead atoms. The van der Waals surface area contributed by atoms with Gasteiger partial charge in [0.05, 0.1) is 17.5 Å². The van der Waals surface area contributed by atoms with Crippen LogP contribution < -0.4 is 10.9 Å². The van der Waals surface area contributed by atoms with E-state index in [9.17, 15) is 9.59 Å². The molecule has 5 heteroatoms. The number of fused-ring (bicyclic) bond motifs is 1. The first-order chi connectivity index (χ1) is 11.1. The van der Waals surface area contributed by atoms with Crippen LogP contribution in [0.2, 0.25) is 0 Å². The first-order valence-corrected chi connectivity index (χ1v) is 7.36. The smallest absolute Gasteiger partial charge is 0.274 e. The molecular formula is C18H17N3O2. The molecule has 0 radical (unpaired) electrons. The van der Waals surface area contributed by atoms with Crippen molar-refractivity contribution >= 4 is 22.4 Å². The minimum absolute atomic E-state index is 0.114. The summed E-state index contributed by atoms with van der Waals surface area (Å²) in [6.45, 7) is 1.94. The first-order valence-electron chi connectivity index (χ1n) is 7.36. The number of benzene rings is 2. The summed E-state index contributed by atoms with van der Waals surface area (Å²) in [6, 6.07) is 14.8. The van der Waals surface area contributed by atoms with Gasteiger partial charge < -0.3 is 5.32 Å². The van der Waals surface area contributed by atoms with Gasteiger partial charge in [-0.1, -0.05) is 36.4 Å². The van der Waals surface area contributed by atoms with Gasteiger partial charge in [0, 0.05) is 18.1 Å². The Balaban J connectivity index is 1.93. The fourth-order valence-corrected chi connectivity index (χ4v) is 2.57. The van der Waals surface area contributed by atoms with E-state index in [2.05, 4.69) is 10.4 Å². The molecule has 0 aliphatic rings. The van der Waals surface area contributed by atoms with E-state index in [0.717, 1.165) is 16.6 Å². The Morgan fingerprint density at radius 3 is 2.48 bits per heavy atom. The Hall–Kier alpha value is -2.95. The number of para-hydroxylation sites is 1. The summed E-state index contributed by atoms with van der Waals surface area (Å²) < 4.78 is 1.28. The van der Waals surface area contributed by atoms with Gasteiger partial charge in [-0.2, -0.15) is 5.10 Å². The summed E-state index contributed by atoms with van der Waals surface area (Å²) in [4.78, 5) is 24.4. The molecule has 0 spiro atoms. The summed E-state index contributed by atoms with van der Waals surface area (Å²) in [5.74, 6) is -0.157. The van der Waals surface area contributed by atoms with Crippen LogP contribution in [0.3, 0.4) is 0 Å². The van der Waals surface area contributed by atoms with Crippen molar-refractivity contribution in [1.29, 1.82) is 0 Å². The van der Waals surface area contributed by atoms with Crippen molar-refractivity contribution in [3.8, 4) is 0 Å². The maximum absolute atomic E-state index is 12.3. The number of nitrogens with zero attached hydrogens (tertiary/aromatic N) is 2. The number of rotatable bonds is 3. The monoisotopic (exact) mass is 307 g/mol. The molecular weight excluding hydrogens is 290 g/mol. The Morgan fingerprint density at radius 1 is 1.09 bits per heavy atom. The van der Waals surface area contributed by atoms with Gasteiger partial charge in [-0.05, 0) is 24.6 Å². The second kappa shape index (κ2) is 6.04. The summed E-state index contributed by atoms with van der Waals surface area (Å²) in [5.41, 5.74) is 2.21. The van der Waals surface area contributed by atoms with Crippen LogP contribution in [-0.2, 0) is 18.3 Å². The van der Waals surface area contributed by atoms with E-state index in [-0.39, 0.29) is 17.9 Å². The number of carbonyl (C=O) groups excluding carboxylic acids is 1. The molecule has 2 aromatic carbocycles. The van der Waals surface area contributed by atoms with Crippen LogP contribution in [0.25, 0.3) is 10.8 Å². The van der Waals surface area contributed by atoms with E-state index >= 15 is 0 Å². The summed E-state index contributed by atoms with van der Waals surface area (Å²) in [6.07, 6.45) is 0.114. The van der Waals surface area contributed by atoms with Gasteiger partial charge in [-0.25, -0.2) is 4.68 Å². The van der Waals surface area contributed by atoms with Crippen LogP contribution in [0, 0.1) is 6.92 Å². The van der Waals surface area contributed by atoms with E-state index < -0.39 is 0 Å². The second-order valence-electron chi connectivity index (χ2n) is 5.46. The van der Waals surface area contributed by atoms with Gasteiger partial charge in [0.25, 0.3) is 5.56 Å². The van der Waals surface area contributed by atoms with Gasteiger partial charge in [0.1, 0.15) is 0 Å². The molecule has 0 unspecified atom stereocenters. The number of hydrogen-bond acceptors (Lipinski definition) is 3. The van der Waals surface area contributed by atoms with Gasteiger partial charge >= 0.3 is 0 Å². The molecule has 0 saturated heterocycles. The highest BCUT2D eigenvalue weighted by atomic mass is 16.1. The fraction of sp³-hybridized carbons (Fsp3) is 0.167. The van der Waals surface area contributed by atoms with Gasteiger partial charge in [-0.15, -0.1) is 0 Å². The third kappa shape index (κ3) is 2.99. The summed E-state index contributed by atoms with van der Waals surface area (Å²) >= 11 is 0. The molecule has 0 atom stereocenters. The third-order valence-corrected chi connectivity index (χ3v) is 3.78. The second-order valence-corrected chi connectivity index (χ2v) is 5.46. The highest BCUT2D eigenvalue weighted by Crippen LogP contribution is 2.16. The standard InChI is InChI=1S/C18H17N3O2/c1-12-7-3-6-10-15(12)19-17(22)11-16-13-8-4-5-9-14(13)18(23)21(2)20-16/h3-10H,11H2,1-2H3,(H,19,22). The molecule has 0 aliphatic carbocycles. The fourth-order valence-electron chi connectivity index (χ4n) is 2.57. The van der Waals surface area contributed by atoms with Crippen molar-refractivity contribution < 1.29 is 4.79 Å². The molecule has 3 aromatic rings. The first kappa shape index (κ1) is 15.0. The Kier molecular flexibility index (Phi) is 3.93. The largest absolute Gasteiger partial charge is 0.326 e. The van der Waals surface area contributed by atoms with Crippen LogP contribution in [0.1, 0.15) is 11.3 Å². The quantitative estimate of drug-likeness (QED) is 0.808. The third-order valence-electron chi connectivity index (χ3n) is 3.78. The average Bonchev–Trinajstić information content (AvgIpc) is 2.54. The van der Waals surface area contributed by atoms with Crippen molar-refractivity contribution in [2.75, 3.05) is 5.32 Å². The minimum Gasteiger partial charge on any atom is -0.326 e. The lowest BCUT2D eigenvalue weighted by atomic mass is 10.1. The van der Waals surface area contributed by atoms with E-state index in [1.807, 2.05) is 43.3 Å². The number of hydrogen-bond donors (Lipinski definition) is 1. The zero-order valence-corrected chi connectivity index (χ0v) is 13.0. The van der Waals surface area contributed by atoms with Crippen LogP contribution in [0.4, 0.5) is 5.69 Å². The van der Waals surface area contributed by atoms with Gasteiger partial charge in [0.15, 0.2) is 0 Å². The molecule has 0 aliphatic heterocycles. The number of nitrogens with one attached hydrogen (secondary N) is 1. The van der Waals surface area contributed by atoms with E-state index in [0.29, 0.717) is 11.1 Å². The predicted octanol–water partition coefficient (Wildman–Crippen LogP) is 2.42. The summed E-state index contributed by atoms with van der Waals surface area (Å²) in [5, 5.41) is 8.43.